The number of pyridine rings is 1. The van der Waals surface area contributed by atoms with Crippen LogP contribution in [0.2, 0.25) is 0 Å². The van der Waals surface area contributed by atoms with E-state index in [4.69, 9.17) is 5.73 Å². The SMILES string of the molecule is Nc1c(O)cccc1-c1ccccn1. The summed E-state index contributed by atoms with van der Waals surface area (Å²) in [5.74, 6) is 0.0909. The van der Waals surface area contributed by atoms with Gasteiger partial charge < -0.3 is 10.8 Å². The van der Waals surface area contributed by atoms with E-state index in [9.17, 15) is 5.11 Å². The fourth-order valence-corrected chi connectivity index (χ4v) is 1.30. The van der Waals surface area contributed by atoms with Gasteiger partial charge in [0.1, 0.15) is 5.75 Å². The van der Waals surface area contributed by atoms with Crippen molar-refractivity contribution < 1.29 is 5.11 Å². The highest BCUT2D eigenvalue weighted by Gasteiger charge is 2.05. The molecule has 0 saturated carbocycles. The minimum atomic E-state index is 0.0909. The van der Waals surface area contributed by atoms with Crippen molar-refractivity contribution >= 4 is 5.69 Å². The molecular formula is C11H10N2O. The summed E-state index contributed by atoms with van der Waals surface area (Å²) < 4.78 is 0. The molecule has 0 unspecified atom stereocenters. The second-order valence-electron chi connectivity index (χ2n) is 2.95. The molecule has 2 aromatic rings. The lowest BCUT2D eigenvalue weighted by atomic mass is 10.1. The number of hydrogen-bond acceptors (Lipinski definition) is 3. The van der Waals surface area contributed by atoms with E-state index >= 15 is 0 Å². The summed E-state index contributed by atoms with van der Waals surface area (Å²) in [5, 5.41) is 9.41. The maximum absolute atomic E-state index is 9.41. The first-order valence-electron chi connectivity index (χ1n) is 4.28. The highest BCUT2D eigenvalue weighted by Crippen LogP contribution is 2.30. The first kappa shape index (κ1) is 8.56. The fraction of sp³-hybridized carbons (Fsp3) is 0. The summed E-state index contributed by atoms with van der Waals surface area (Å²) in [7, 11) is 0. The van der Waals surface area contributed by atoms with Gasteiger partial charge in [-0.1, -0.05) is 18.2 Å². The number of hydrogen-bond donors (Lipinski definition) is 2. The first-order chi connectivity index (χ1) is 6.79. The van der Waals surface area contributed by atoms with Crippen LogP contribution >= 0.6 is 0 Å². The van der Waals surface area contributed by atoms with Gasteiger partial charge >= 0.3 is 0 Å². The maximum atomic E-state index is 9.41. The number of phenols is 1. The molecule has 0 atom stereocenters. The van der Waals surface area contributed by atoms with Crippen molar-refractivity contribution in [3.05, 3.63) is 42.6 Å². The van der Waals surface area contributed by atoms with E-state index < -0.39 is 0 Å². The summed E-state index contributed by atoms with van der Waals surface area (Å²) in [6, 6.07) is 10.7. The van der Waals surface area contributed by atoms with E-state index in [0.29, 0.717) is 5.69 Å². The van der Waals surface area contributed by atoms with Crippen LogP contribution < -0.4 is 5.73 Å². The third-order valence-electron chi connectivity index (χ3n) is 2.02. The summed E-state index contributed by atoms with van der Waals surface area (Å²) in [6.07, 6.45) is 1.69. The molecule has 0 fully saturated rings. The van der Waals surface area contributed by atoms with Gasteiger partial charge in [0.25, 0.3) is 0 Å². The van der Waals surface area contributed by atoms with Gasteiger partial charge in [0, 0.05) is 11.8 Å². The van der Waals surface area contributed by atoms with Gasteiger partial charge in [-0.2, -0.15) is 0 Å². The van der Waals surface area contributed by atoms with Gasteiger partial charge in [-0.25, -0.2) is 0 Å². The summed E-state index contributed by atoms with van der Waals surface area (Å²) in [4.78, 5) is 4.16. The number of aromatic nitrogens is 1. The van der Waals surface area contributed by atoms with Gasteiger partial charge in [0.15, 0.2) is 0 Å². The lowest BCUT2D eigenvalue weighted by Crippen LogP contribution is -1.91. The summed E-state index contributed by atoms with van der Waals surface area (Å²) in [6.45, 7) is 0. The number of phenolic OH excluding ortho intramolecular Hbond substituents is 1. The number of anilines is 1. The van der Waals surface area contributed by atoms with E-state index in [1.807, 2.05) is 24.3 Å². The molecule has 3 nitrogen and oxygen atoms in total. The van der Waals surface area contributed by atoms with E-state index in [1.165, 1.54) is 0 Å². The number of benzene rings is 1. The highest BCUT2D eigenvalue weighted by atomic mass is 16.3. The number of nitrogen functional groups attached to an aromatic ring is 1. The molecule has 3 heteroatoms. The standard InChI is InChI=1S/C11H10N2O/c12-11-8(4-3-6-10(11)14)9-5-1-2-7-13-9/h1-7,14H,12H2. The summed E-state index contributed by atoms with van der Waals surface area (Å²) >= 11 is 0. The van der Waals surface area contributed by atoms with Crippen molar-refractivity contribution in [2.24, 2.45) is 0 Å². The molecule has 0 aliphatic heterocycles. The average molecular weight is 186 g/mol. The fourth-order valence-electron chi connectivity index (χ4n) is 1.30. The Morgan fingerprint density at radius 1 is 1.07 bits per heavy atom. The molecule has 0 radical (unpaired) electrons. The minimum Gasteiger partial charge on any atom is -0.506 e. The zero-order valence-electron chi connectivity index (χ0n) is 7.51. The quantitative estimate of drug-likeness (QED) is 0.529. The summed E-state index contributed by atoms with van der Waals surface area (Å²) in [5.41, 5.74) is 7.61. The predicted molar refractivity (Wildman–Crippen MR) is 55.8 cm³/mol. The van der Waals surface area contributed by atoms with Gasteiger partial charge in [-0.05, 0) is 18.2 Å². The van der Waals surface area contributed by atoms with Crippen LogP contribution in [0.15, 0.2) is 42.6 Å². The number of aromatic hydroxyl groups is 1. The van der Waals surface area contributed by atoms with E-state index in [-0.39, 0.29) is 5.75 Å². The second-order valence-corrected chi connectivity index (χ2v) is 2.95. The Hall–Kier alpha value is -2.03. The third-order valence-corrected chi connectivity index (χ3v) is 2.02. The van der Waals surface area contributed by atoms with Crippen LogP contribution in [0.25, 0.3) is 11.3 Å². The van der Waals surface area contributed by atoms with Crippen LogP contribution in [0.5, 0.6) is 5.75 Å². The van der Waals surface area contributed by atoms with Crippen LogP contribution in [0.3, 0.4) is 0 Å². The van der Waals surface area contributed by atoms with Gasteiger partial charge in [0.05, 0.1) is 11.4 Å². The molecule has 0 aliphatic rings. The Morgan fingerprint density at radius 3 is 2.64 bits per heavy atom. The molecular weight excluding hydrogens is 176 g/mol. The monoisotopic (exact) mass is 186 g/mol. The van der Waals surface area contributed by atoms with E-state index in [0.717, 1.165) is 11.3 Å². The van der Waals surface area contributed by atoms with Crippen LogP contribution in [-0.4, -0.2) is 10.1 Å². The number of para-hydroxylation sites is 1. The van der Waals surface area contributed by atoms with Crippen LogP contribution in [-0.2, 0) is 0 Å². The Balaban J connectivity index is 2.58. The second kappa shape index (κ2) is 3.38. The average Bonchev–Trinajstić information content (AvgIpc) is 2.23. The van der Waals surface area contributed by atoms with Crippen molar-refractivity contribution in [2.45, 2.75) is 0 Å². The molecule has 1 aromatic carbocycles. The first-order valence-corrected chi connectivity index (χ1v) is 4.28. The number of nitrogens with zero attached hydrogens (tertiary/aromatic N) is 1. The third kappa shape index (κ3) is 1.40. The zero-order valence-corrected chi connectivity index (χ0v) is 7.51. The molecule has 0 spiro atoms. The molecule has 14 heavy (non-hydrogen) atoms. The van der Waals surface area contributed by atoms with Crippen molar-refractivity contribution in [3.8, 4) is 17.0 Å². The Morgan fingerprint density at radius 2 is 1.93 bits per heavy atom. The number of nitrogens with two attached hydrogens (primary N) is 1. The molecule has 2 rings (SSSR count). The zero-order chi connectivity index (χ0) is 9.97. The van der Waals surface area contributed by atoms with Crippen molar-refractivity contribution in [1.29, 1.82) is 0 Å². The van der Waals surface area contributed by atoms with Gasteiger partial charge in [-0.15, -0.1) is 0 Å². The van der Waals surface area contributed by atoms with E-state index in [2.05, 4.69) is 4.98 Å². The lowest BCUT2D eigenvalue weighted by molar-refractivity contribution is 0.478. The van der Waals surface area contributed by atoms with E-state index in [1.54, 1.807) is 18.3 Å². The smallest absolute Gasteiger partial charge is 0.139 e. The van der Waals surface area contributed by atoms with Gasteiger partial charge in [-0.3, -0.25) is 4.98 Å². The van der Waals surface area contributed by atoms with Crippen molar-refractivity contribution in [3.63, 3.8) is 0 Å². The molecule has 70 valence electrons. The Labute approximate surface area is 81.8 Å². The molecule has 0 bridgehead atoms. The normalized spacial score (nSPS) is 10.0. The largest absolute Gasteiger partial charge is 0.506 e. The molecule has 1 aromatic heterocycles. The Kier molecular flexibility index (Phi) is 2.07. The van der Waals surface area contributed by atoms with Crippen LogP contribution in [0.1, 0.15) is 0 Å². The maximum Gasteiger partial charge on any atom is 0.139 e. The lowest BCUT2D eigenvalue weighted by Gasteiger charge is -2.05. The van der Waals surface area contributed by atoms with Gasteiger partial charge in [0.2, 0.25) is 0 Å². The topological polar surface area (TPSA) is 59.1 Å². The highest BCUT2D eigenvalue weighted by molar-refractivity contribution is 5.77. The van der Waals surface area contributed by atoms with Crippen molar-refractivity contribution in [2.75, 3.05) is 5.73 Å². The molecule has 0 amide bonds. The molecule has 3 N–H and O–H groups in total. The molecule has 0 aliphatic carbocycles. The van der Waals surface area contributed by atoms with Crippen LogP contribution in [0.4, 0.5) is 5.69 Å². The molecule has 0 saturated heterocycles. The Bertz CT molecular complexity index is 440. The van der Waals surface area contributed by atoms with Crippen molar-refractivity contribution in [1.82, 2.24) is 4.98 Å². The minimum absolute atomic E-state index is 0.0909. The number of rotatable bonds is 1. The van der Waals surface area contributed by atoms with Crippen LogP contribution in [0, 0.1) is 0 Å². The predicted octanol–water partition coefficient (Wildman–Crippen LogP) is 2.04. The molecule has 1 heterocycles.